The number of nitrogens with zero attached hydrogens (tertiary/aromatic N) is 1. The van der Waals surface area contributed by atoms with Gasteiger partial charge in [0.1, 0.15) is 0 Å². The molecular formula is C4H3BrN2O2. The Hall–Kier alpha value is -0.840. The van der Waals surface area contributed by atoms with Crippen molar-refractivity contribution in [3.63, 3.8) is 0 Å². The Labute approximate surface area is 59.2 Å². The molecule has 0 aliphatic rings. The summed E-state index contributed by atoms with van der Waals surface area (Å²) in [5, 5.41) is 9.97. The number of nitrogens with one attached hydrogen (secondary N) is 1. The van der Waals surface area contributed by atoms with Gasteiger partial charge >= 0.3 is 5.82 Å². The Morgan fingerprint density at radius 2 is 2.33 bits per heavy atom. The van der Waals surface area contributed by atoms with Gasteiger partial charge in [-0.2, -0.15) is 0 Å². The zero-order valence-electron chi connectivity index (χ0n) is 4.30. The maximum absolute atomic E-state index is 9.97. The Morgan fingerprint density at radius 3 is 2.56 bits per heavy atom. The standard InChI is InChI=1S/C4H3BrN2O2/c5-3-1-2-4(6-3)7(8)9/h1-2,6H. The van der Waals surface area contributed by atoms with E-state index in [1.807, 2.05) is 0 Å². The molecule has 1 rings (SSSR count). The second-order valence-electron chi connectivity index (χ2n) is 1.45. The van der Waals surface area contributed by atoms with Gasteiger partial charge in [0.15, 0.2) is 4.60 Å². The fraction of sp³-hybridized carbons (Fsp3) is 0. The van der Waals surface area contributed by atoms with Crippen LogP contribution in [0.25, 0.3) is 0 Å². The lowest BCUT2D eigenvalue weighted by atomic mass is 10.6. The van der Waals surface area contributed by atoms with E-state index in [4.69, 9.17) is 0 Å². The largest absolute Gasteiger partial charge is 0.358 e. The third kappa shape index (κ3) is 1.29. The van der Waals surface area contributed by atoms with Gasteiger partial charge in [-0.15, -0.1) is 0 Å². The number of nitro groups is 1. The first-order valence-corrected chi connectivity index (χ1v) is 2.98. The molecule has 1 aromatic rings. The Bertz CT molecular complexity index is 232. The van der Waals surface area contributed by atoms with Crippen LogP contribution in [0.3, 0.4) is 0 Å². The Balaban J connectivity index is 2.98. The SMILES string of the molecule is O=[N+]([O-])c1ccc(Br)[nH]1. The molecule has 0 saturated carbocycles. The van der Waals surface area contributed by atoms with E-state index in [-0.39, 0.29) is 5.82 Å². The van der Waals surface area contributed by atoms with Crippen molar-refractivity contribution in [1.82, 2.24) is 4.98 Å². The first kappa shape index (κ1) is 6.28. The second-order valence-corrected chi connectivity index (χ2v) is 2.30. The second kappa shape index (κ2) is 2.18. The van der Waals surface area contributed by atoms with E-state index in [1.54, 1.807) is 6.07 Å². The molecule has 1 heterocycles. The first-order chi connectivity index (χ1) is 4.20. The maximum atomic E-state index is 9.97. The molecule has 0 spiro atoms. The quantitative estimate of drug-likeness (QED) is 0.542. The molecule has 0 aliphatic heterocycles. The van der Waals surface area contributed by atoms with Crippen molar-refractivity contribution in [3.05, 3.63) is 26.9 Å². The molecule has 9 heavy (non-hydrogen) atoms. The van der Waals surface area contributed by atoms with Crippen LogP contribution in [0.2, 0.25) is 0 Å². The molecule has 0 atom stereocenters. The summed E-state index contributed by atoms with van der Waals surface area (Å²) in [6, 6.07) is 2.97. The van der Waals surface area contributed by atoms with Gasteiger partial charge < -0.3 is 10.1 Å². The maximum Gasteiger partial charge on any atom is 0.321 e. The summed E-state index contributed by atoms with van der Waals surface area (Å²) in [6.07, 6.45) is 0. The van der Waals surface area contributed by atoms with E-state index in [2.05, 4.69) is 20.9 Å². The zero-order valence-corrected chi connectivity index (χ0v) is 5.88. The van der Waals surface area contributed by atoms with Crippen LogP contribution in [0.15, 0.2) is 16.7 Å². The average Bonchev–Trinajstić information content (AvgIpc) is 2.14. The van der Waals surface area contributed by atoms with Gasteiger partial charge in [-0.3, -0.25) is 0 Å². The van der Waals surface area contributed by atoms with E-state index < -0.39 is 4.92 Å². The molecule has 0 radical (unpaired) electrons. The molecular weight excluding hydrogens is 188 g/mol. The third-order valence-corrected chi connectivity index (χ3v) is 1.29. The molecule has 0 aromatic carbocycles. The van der Waals surface area contributed by atoms with Gasteiger partial charge in [-0.05, 0) is 20.9 Å². The fourth-order valence-electron chi connectivity index (χ4n) is 0.464. The summed E-state index contributed by atoms with van der Waals surface area (Å²) in [4.78, 5) is 12.0. The minimum atomic E-state index is -0.481. The highest BCUT2D eigenvalue weighted by Crippen LogP contribution is 2.13. The number of halogens is 1. The number of hydrogen-bond donors (Lipinski definition) is 1. The lowest BCUT2D eigenvalue weighted by molar-refractivity contribution is -0.389. The van der Waals surface area contributed by atoms with Crippen LogP contribution in [0.5, 0.6) is 0 Å². The fourth-order valence-corrected chi connectivity index (χ4v) is 0.800. The van der Waals surface area contributed by atoms with Gasteiger partial charge in [0.05, 0.1) is 0 Å². The normalized spacial score (nSPS) is 9.44. The number of aromatic amines is 1. The minimum absolute atomic E-state index is 0.00174. The number of H-pyrrole nitrogens is 1. The molecule has 48 valence electrons. The molecule has 0 saturated heterocycles. The Morgan fingerprint density at radius 1 is 1.67 bits per heavy atom. The van der Waals surface area contributed by atoms with Gasteiger partial charge in [0, 0.05) is 12.1 Å². The summed E-state index contributed by atoms with van der Waals surface area (Å²) < 4.78 is 0.620. The van der Waals surface area contributed by atoms with Crippen LogP contribution < -0.4 is 0 Å². The number of aromatic nitrogens is 1. The highest BCUT2D eigenvalue weighted by molar-refractivity contribution is 9.10. The lowest BCUT2D eigenvalue weighted by Crippen LogP contribution is -1.85. The van der Waals surface area contributed by atoms with Gasteiger partial charge in [-0.1, -0.05) is 0 Å². The molecule has 0 amide bonds. The first-order valence-electron chi connectivity index (χ1n) is 2.19. The molecule has 5 heteroatoms. The van der Waals surface area contributed by atoms with E-state index in [1.165, 1.54) is 6.07 Å². The van der Waals surface area contributed by atoms with E-state index in [9.17, 15) is 10.1 Å². The topological polar surface area (TPSA) is 58.9 Å². The van der Waals surface area contributed by atoms with Crippen molar-refractivity contribution in [2.45, 2.75) is 0 Å². The van der Waals surface area contributed by atoms with Crippen LogP contribution in [-0.4, -0.2) is 9.91 Å². The molecule has 0 unspecified atom stereocenters. The van der Waals surface area contributed by atoms with Crippen molar-refractivity contribution in [2.24, 2.45) is 0 Å². The molecule has 0 bridgehead atoms. The molecule has 0 aliphatic carbocycles. The molecule has 1 N–H and O–H groups in total. The monoisotopic (exact) mass is 190 g/mol. The van der Waals surface area contributed by atoms with E-state index >= 15 is 0 Å². The highest BCUT2D eigenvalue weighted by Gasteiger charge is 2.03. The van der Waals surface area contributed by atoms with Crippen molar-refractivity contribution >= 4 is 21.7 Å². The van der Waals surface area contributed by atoms with Crippen molar-refractivity contribution in [1.29, 1.82) is 0 Å². The van der Waals surface area contributed by atoms with Crippen molar-refractivity contribution < 1.29 is 4.92 Å². The minimum Gasteiger partial charge on any atom is -0.358 e. The summed E-state index contributed by atoms with van der Waals surface area (Å²) >= 11 is 3.04. The van der Waals surface area contributed by atoms with Crippen LogP contribution in [0.4, 0.5) is 5.82 Å². The lowest BCUT2D eigenvalue weighted by Gasteiger charge is -1.84. The van der Waals surface area contributed by atoms with Gasteiger partial charge in [0.25, 0.3) is 0 Å². The van der Waals surface area contributed by atoms with Crippen LogP contribution >= 0.6 is 15.9 Å². The van der Waals surface area contributed by atoms with Crippen molar-refractivity contribution in [2.75, 3.05) is 0 Å². The highest BCUT2D eigenvalue weighted by atomic mass is 79.9. The summed E-state index contributed by atoms with van der Waals surface area (Å²) in [6.45, 7) is 0. The van der Waals surface area contributed by atoms with Crippen LogP contribution in [-0.2, 0) is 0 Å². The summed E-state index contributed by atoms with van der Waals surface area (Å²) in [5.41, 5.74) is 0. The van der Waals surface area contributed by atoms with Crippen LogP contribution in [0, 0.1) is 10.1 Å². The predicted molar refractivity (Wildman–Crippen MR) is 35.1 cm³/mol. The summed E-state index contributed by atoms with van der Waals surface area (Å²) in [7, 11) is 0. The van der Waals surface area contributed by atoms with Crippen molar-refractivity contribution in [3.8, 4) is 0 Å². The number of hydrogen-bond acceptors (Lipinski definition) is 2. The molecule has 1 aromatic heterocycles. The number of rotatable bonds is 1. The van der Waals surface area contributed by atoms with Crippen LogP contribution in [0.1, 0.15) is 0 Å². The van der Waals surface area contributed by atoms with Gasteiger partial charge in [-0.25, -0.2) is 4.98 Å². The van der Waals surface area contributed by atoms with E-state index in [0.29, 0.717) is 4.60 Å². The zero-order chi connectivity index (χ0) is 6.85. The average molecular weight is 191 g/mol. The van der Waals surface area contributed by atoms with E-state index in [0.717, 1.165) is 0 Å². The Kier molecular flexibility index (Phi) is 1.52. The summed E-state index contributed by atoms with van der Waals surface area (Å²) in [5.74, 6) is 0.00174. The van der Waals surface area contributed by atoms with Gasteiger partial charge in [0.2, 0.25) is 0 Å². The third-order valence-electron chi connectivity index (χ3n) is 0.832. The predicted octanol–water partition coefficient (Wildman–Crippen LogP) is 1.69. The molecule has 0 fully saturated rings. The molecule has 4 nitrogen and oxygen atoms in total. The smallest absolute Gasteiger partial charge is 0.321 e.